The zero-order valence-corrected chi connectivity index (χ0v) is 23.8. The fourth-order valence-corrected chi connectivity index (χ4v) is 4.98. The quantitative estimate of drug-likeness (QED) is 0.206. The van der Waals surface area contributed by atoms with Crippen molar-refractivity contribution < 1.29 is 29.0 Å². The summed E-state index contributed by atoms with van der Waals surface area (Å²) in [4.78, 5) is 52.7. The molecule has 44 heavy (non-hydrogen) atoms. The molecule has 4 aromatic rings. The van der Waals surface area contributed by atoms with Gasteiger partial charge in [0.15, 0.2) is 0 Å². The molecule has 0 fully saturated rings. The first-order valence-electron chi connectivity index (χ1n) is 14.2. The van der Waals surface area contributed by atoms with E-state index in [2.05, 4.69) is 16.0 Å². The van der Waals surface area contributed by atoms with Gasteiger partial charge in [-0.05, 0) is 34.9 Å². The molecule has 10 nitrogen and oxygen atoms in total. The molecule has 0 saturated heterocycles. The van der Waals surface area contributed by atoms with Crippen molar-refractivity contribution in [3.8, 4) is 5.75 Å². The van der Waals surface area contributed by atoms with E-state index in [1.165, 1.54) is 11.0 Å². The molecule has 224 valence electrons. The monoisotopic (exact) mass is 592 g/mol. The summed E-state index contributed by atoms with van der Waals surface area (Å²) in [6, 6.07) is 31.2. The minimum atomic E-state index is -1.07. The van der Waals surface area contributed by atoms with Crippen molar-refractivity contribution in [3.05, 3.63) is 131 Å². The highest BCUT2D eigenvalue weighted by molar-refractivity contribution is 6.01. The SMILES string of the molecule is O=C(O)CC(NC(=O)CN1CC(c2ccccc2)Oc2ccc(NC(=O)NCc3ccccc3)cc2C1=O)c1ccccc1. The predicted molar refractivity (Wildman–Crippen MR) is 164 cm³/mol. The number of carboxylic acid groups (broad SMARTS) is 1. The van der Waals surface area contributed by atoms with E-state index < -0.39 is 36.0 Å². The summed E-state index contributed by atoms with van der Waals surface area (Å²) < 4.78 is 6.29. The zero-order valence-electron chi connectivity index (χ0n) is 23.8. The van der Waals surface area contributed by atoms with Crippen LogP contribution in [-0.2, 0) is 16.1 Å². The van der Waals surface area contributed by atoms with E-state index in [1.54, 1.807) is 42.5 Å². The molecular weight excluding hydrogens is 560 g/mol. The van der Waals surface area contributed by atoms with Gasteiger partial charge in [0.05, 0.1) is 24.6 Å². The molecule has 0 spiro atoms. The lowest BCUT2D eigenvalue weighted by molar-refractivity contribution is -0.137. The number of carboxylic acids is 1. The number of rotatable bonds is 10. The van der Waals surface area contributed by atoms with E-state index in [0.29, 0.717) is 23.5 Å². The second-order valence-corrected chi connectivity index (χ2v) is 10.3. The van der Waals surface area contributed by atoms with Crippen LogP contribution in [0.1, 0.15) is 45.6 Å². The molecule has 0 bridgehead atoms. The van der Waals surface area contributed by atoms with Gasteiger partial charge in [-0.2, -0.15) is 0 Å². The smallest absolute Gasteiger partial charge is 0.319 e. The number of carbonyl (C=O) groups is 4. The Morgan fingerprint density at radius 2 is 1.55 bits per heavy atom. The maximum absolute atomic E-state index is 13.9. The first kappa shape index (κ1) is 29.8. The fourth-order valence-electron chi connectivity index (χ4n) is 4.98. The van der Waals surface area contributed by atoms with E-state index >= 15 is 0 Å². The molecule has 1 aliphatic rings. The van der Waals surface area contributed by atoms with Crippen LogP contribution in [0.25, 0.3) is 0 Å². The highest BCUT2D eigenvalue weighted by atomic mass is 16.5. The summed E-state index contributed by atoms with van der Waals surface area (Å²) in [5, 5.41) is 17.8. The number of urea groups is 1. The van der Waals surface area contributed by atoms with Crippen LogP contribution in [-0.4, -0.2) is 46.9 Å². The number of hydrogen-bond acceptors (Lipinski definition) is 5. The number of aliphatic carboxylic acids is 1. The summed E-state index contributed by atoms with van der Waals surface area (Å²) in [6.45, 7) is 0.0660. The van der Waals surface area contributed by atoms with E-state index in [4.69, 9.17) is 4.74 Å². The number of nitrogens with one attached hydrogen (secondary N) is 3. The van der Waals surface area contributed by atoms with Crippen LogP contribution in [0.4, 0.5) is 10.5 Å². The number of benzene rings is 4. The Hall–Kier alpha value is -5.64. The van der Waals surface area contributed by atoms with Gasteiger partial charge in [0, 0.05) is 12.2 Å². The van der Waals surface area contributed by atoms with Crippen molar-refractivity contribution in [2.75, 3.05) is 18.4 Å². The normalized spacial score (nSPS) is 14.8. The van der Waals surface area contributed by atoms with Crippen LogP contribution in [0.2, 0.25) is 0 Å². The van der Waals surface area contributed by atoms with Gasteiger partial charge in [-0.1, -0.05) is 91.0 Å². The lowest BCUT2D eigenvalue weighted by Crippen LogP contribution is -2.43. The Morgan fingerprint density at radius 3 is 2.23 bits per heavy atom. The predicted octanol–water partition coefficient (Wildman–Crippen LogP) is 4.92. The summed E-state index contributed by atoms with van der Waals surface area (Å²) in [6.07, 6.45) is -0.893. The third kappa shape index (κ3) is 7.80. The van der Waals surface area contributed by atoms with Crippen LogP contribution in [0.15, 0.2) is 109 Å². The van der Waals surface area contributed by atoms with Gasteiger partial charge in [-0.25, -0.2) is 4.79 Å². The second-order valence-electron chi connectivity index (χ2n) is 10.3. The second kappa shape index (κ2) is 14.0. The zero-order chi connectivity index (χ0) is 30.9. The maximum atomic E-state index is 13.9. The molecular formula is C34H32N4O6. The minimum Gasteiger partial charge on any atom is -0.483 e. The van der Waals surface area contributed by atoms with Crippen molar-refractivity contribution in [2.24, 2.45) is 0 Å². The largest absolute Gasteiger partial charge is 0.483 e. The van der Waals surface area contributed by atoms with Gasteiger partial charge < -0.3 is 30.7 Å². The van der Waals surface area contributed by atoms with E-state index in [9.17, 15) is 24.3 Å². The first-order valence-corrected chi connectivity index (χ1v) is 14.2. The molecule has 5 rings (SSSR count). The van der Waals surface area contributed by atoms with E-state index in [1.807, 2.05) is 60.7 Å². The number of anilines is 1. The molecule has 0 aromatic heterocycles. The van der Waals surface area contributed by atoms with Gasteiger partial charge in [0.25, 0.3) is 5.91 Å². The molecule has 4 aromatic carbocycles. The molecule has 0 radical (unpaired) electrons. The highest BCUT2D eigenvalue weighted by Gasteiger charge is 2.32. The van der Waals surface area contributed by atoms with Crippen molar-refractivity contribution in [3.63, 3.8) is 0 Å². The molecule has 1 heterocycles. The van der Waals surface area contributed by atoms with Crippen LogP contribution in [0, 0.1) is 0 Å². The fraction of sp³-hybridized carbons (Fsp3) is 0.176. The third-order valence-electron chi connectivity index (χ3n) is 7.13. The highest BCUT2D eigenvalue weighted by Crippen LogP contribution is 2.33. The number of fused-ring (bicyclic) bond motifs is 1. The topological polar surface area (TPSA) is 137 Å². The van der Waals surface area contributed by atoms with Crippen LogP contribution >= 0.6 is 0 Å². The Kier molecular flexibility index (Phi) is 9.51. The van der Waals surface area contributed by atoms with Gasteiger partial charge in [0.2, 0.25) is 5.91 Å². The Morgan fingerprint density at radius 1 is 0.886 bits per heavy atom. The average molecular weight is 593 g/mol. The summed E-state index contributed by atoms with van der Waals surface area (Å²) in [7, 11) is 0. The van der Waals surface area contributed by atoms with Crippen molar-refractivity contribution in [1.29, 1.82) is 0 Å². The number of ether oxygens (including phenoxy) is 1. The van der Waals surface area contributed by atoms with Crippen molar-refractivity contribution in [2.45, 2.75) is 25.1 Å². The number of nitrogens with zero attached hydrogens (tertiary/aromatic N) is 1. The molecule has 2 atom stereocenters. The lowest BCUT2D eigenvalue weighted by Gasteiger charge is -2.25. The van der Waals surface area contributed by atoms with Crippen molar-refractivity contribution >= 4 is 29.5 Å². The van der Waals surface area contributed by atoms with Crippen LogP contribution < -0.4 is 20.7 Å². The summed E-state index contributed by atoms with van der Waals surface area (Å²) >= 11 is 0. The van der Waals surface area contributed by atoms with Gasteiger partial charge in [-0.15, -0.1) is 0 Å². The molecule has 10 heteroatoms. The maximum Gasteiger partial charge on any atom is 0.319 e. The van der Waals surface area contributed by atoms with Crippen LogP contribution in [0.3, 0.4) is 0 Å². The standard InChI is InChI=1S/C34H32N4O6/c39-31(37-28(19-32(40)41)24-12-6-2-7-13-24)22-38-21-30(25-14-8-3-9-15-25)44-29-17-16-26(18-27(29)33(38)42)36-34(43)35-20-23-10-4-1-5-11-23/h1-18,28,30H,19-22H2,(H,37,39)(H,40,41)(H2,35,36,43). The molecule has 4 N–H and O–H groups in total. The van der Waals surface area contributed by atoms with E-state index in [0.717, 1.165) is 11.1 Å². The van der Waals surface area contributed by atoms with Crippen molar-refractivity contribution in [1.82, 2.24) is 15.5 Å². The first-order chi connectivity index (χ1) is 21.4. The molecule has 1 aliphatic heterocycles. The molecule has 2 unspecified atom stereocenters. The minimum absolute atomic E-state index is 0.0696. The Bertz CT molecular complexity index is 1620. The summed E-state index contributed by atoms with van der Waals surface area (Å²) in [5.74, 6) is -1.73. The molecule has 0 aliphatic carbocycles. The molecule has 4 amide bonds. The van der Waals surface area contributed by atoms with Crippen LogP contribution in [0.5, 0.6) is 5.75 Å². The Balaban J connectivity index is 1.36. The number of hydrogen-bond donors (Lipinski definition) is 4. The molecule has 0 saturated carbocycles. The van der Waals surface area contributed by atoms with Gasteiger partial charge in [-0.3, -0.25) is 14.4 Å². The van der Waals surface area contributed by atoms with Gasteiger partial charge in [0.1, 0.15) is 18.4 Å². The van der Waals surface area contributed by atoms with Gasteiger partial charge >= 0.3 is 12.0 Å². The number of carbonyl (C=O) groups excluding carboxylic acids is 3. The summed E-state index contributed by atoms with van der Waals surface area (Å²) in [5.41, 5.74) is 2.95. The Labute approximate surface area is 254 Å². The van der Waals surface area contributed by atoms with E-state index in [-0.39, 0.29) is 25.1 Å². The lowest BCUT2D eigenvalue weighted by atomic mass is 10.0. The number of amides is 4. The third-order valence-corrected chi connectivity index (χ3v) is 7.13. The average Bonchev–Trinajstić information content (AvgIpc) is 3.17.